The van der Waals surface area contributed by atoms with E-state index in [1.165, 1.54) is 16.2 Å². The number of aromatic nitrogens is 2. The molecule has 1 aliphatic carbocycles. The number of sulfone groups is 1. The number of rotatable bonds is 3. The van der Waals surface area contributed by atoms with Crippen LogP contribution in [0.5, 0.6) is 0 Å². The van der Waals surface area contributed by atoms with E-state index in [1.807, 2.05) is 6.92 Å². The summed E-state index contributed by atoms with van der Waals surface area (Å²) < 4.78 is 25.2. The lowest BCUT2D eigenvalue weighted by molar-refractivity contribution is 0.594. The maximum atomic E-state index is 12.6. The summed E-state index contributed by atoms with van der Waals surface area (Å²) in [7, 11) is -3.55. The molecule has 0 bridgehead atoms. The highest BCUT2D eigenvalue weighted by Gasteiger charge is 2.22. The molecule has 0 saturated carbocycles. The summed E-state index contributed by atoms with van der Waals surface area (Å²) in [6, 6.07) is 6.70. The molecule has 0 amide bonds. The molecule has 0 saturated heterocycles. The monoisotopic (exact) mass is 374 g/mol. The Bertz CT molecular complexity index is 1110. The van der Waals surface area contributed by atoms with Gasteiger partial charge < -0.3 is 4.98 Å². The smallest absolute Gasteiger partial charge is 0.259 e. The molecule has 130 valence electrons. The molecule has 1 N–H and O–H groups in total. The summed E-state index contributed by atoms with van der Waals surface area (Å²) in [6.07, 6.45) is 4.10. The molecule has 1 aliphatic rings. The van der Waals surface area contributed by atoms with Gasteiger partial charge >= 0.3 is 0 Å². The van der Waals surface area contributed by atoms with Gasteiger partial charge in [0.15, 0.2) is 9.84 Å². The predicted octanol–water partition coefficient (Wildman–Crippen LogP) is 3.15. The summed E-state index contributed by atoms with van der Waals surface area (Å²) in [4.78, 5) is 21.8. The number of H-pyrrole nitrogens is 1. The van der Waals surface area contributed by atoms with E-state index in [1.54, 1.807) is 24.3 Å². The Hall–Kier alpha value is -1.99. The third kappa shape index (κ3) is 3.02. The van der Waals surface area contributed by atoms with E-state index in [2.05, 4.69) is 9.97 Å². The second kappa shape index (κ2) is 6.07. The van der Waals surface area contributed by atoms with Gasteiger partial charge in [0.25, 0.3) is 5.56 Å². The Balaban J connectivity index is 1.75. The van der Waals surface area contributed by atoms with Crippen LogP contribution in [0, 0.1) is 6.92 Å². The van der Waals surface area contributed by atoms with Crippen LogP contribution in [0.15, 0.2) is 34.0 Å². The van der Waals surface area contributed by atoms with Crippen LogP contribution in [0.4, 0.5) is 0 Å². The molecule has 25 heavy (non-hydrogen) atoms. The van der Waals surface area contributed by atoms with Crippen molar-refractivity contribution >= 4 is 31.4 Å². The normalized spacial score (nSPS) is 14.6. The van der Waals surface area contributed by atoms with E-state index >= 15 is 0 Å². The molecule has 0 spiro atoms. The molecule has 2 aromatic heterocycles. The molecular formula is C18H18N2O3S2. The fourth-order valence-electron chi connectivity index (χ4n) is 3.29. The zero-order chi connectivity index (χ0) is 17.6. The minimum Gasteiger partial charge on any atom is -0.309 e. The van der Waals surface area contributed by atoms with Crippen molar-refractivity contribution in [3.8, 4) is 0 Å². The van der Waals surface area contributed by atoms with Crippen molar-refractivity contribution in [1.29, 1.82) is 0 Å². The average molecular weight is 374 g/mol. The zero-order valence-electron chi connectivity index (χ0n) is 13.8. The van der Waals surface area contributed by atoms with Crippen molar-refractivity contribution in [3.05, 3.63) is 56.4 Å². The highest BCUT2D eigenvalue weighted by molar-refractivity contribution is 7.90. The van der Waals surface area contributed by atoms with Gasteiger partial charge in [-0.2, -0.15) is 0 Å². The first kappa shape index (κ1) is 16.5. The summed E-state index contributed by atoms with van der Waals surface area (Å²) in [5.41, 5.74) is 1.88. The molecule has 0 fully saturated rings. The quantitative estimate of drug-likeness (QED) is 0.764. The van der Waals surface area contributed by atoms with Crippen LogP contribution in [0.3, 0.4) is 0 Å². The van der Waals surface area contributed by atoms with Gasteiger partial charge in [-0.25, -0.2) is 13.4 Å². The summed E-state index contributed by atoms with van der Waals surface area (Å²) >= 11 is 1.53. The van der Waals surface area contributed by atoms with E-state index < -0.39 is 9.84 Å². The first-order valence-electron chi connectivity index (χ1n) is 8.27. The molecule has 0 radical (unpaired) electrons. The largest absolute Gasteiger partial charge is 0.309 e. The number of aromatic amines is 1. The third-order valence-electron chi connectivity index (χ3n) is 4.58. The van der Waals surface area contributed by atoms with Crippen LogP contribution < -0.4 is 5.56 Å². The lowest BCUT2D eigenvalue weighted by atomic mass is 9.97. The van der Waals surface area contributed by atoms with E-state index in [0.29, 0.717) is 10.2 Å². The molecule has 5 nitrogen and oxygen atoms in total. The molecule has 0 unspecified atom stereocenters. The number of benzene rings is 1. The van der Waals surface area contributed by atoms with Crippen molar-refractivity contribution in [1.82, 2.24) is 9.97 Å². The second-order valence-corrected chi connectivity index (χ2v) is 9.55. The van der Waals surface area contributed by atoms with Gasteiger partial charge in [-0.05, 0) is 50.3 Å². The highest BCUT2D eigenvalue weighted by Crippen LogP contribution is 2.33. The standard InChI is InChI=1S/C18H18N2O3S2/c1-11-6-8-12(9-7-11)25(22,23)10-15-19-17(21)16-13-4-2-3-5-14(13)24-18(16)20-15/h6-9H,2-5,10H2,1H3,(H,19,20,21). The maximum absolute atomic E-state index is 12.6. The van der Waals surface area contributed by atoms with Gasteiger partial charge in [0, 0.05) is 4.88 Å². The van der Waals surface area contributed by atoms with Gasteiger partial charge in [-0.1, -0.05) is 17.7 Å². The van der Waals surface area contributed by atoms with Crippen LogP contribution in [0.2, 0.25) is 0 Å². The molecule has 1 aromatic carbocycles. The predicted molar refractivity (Wildman–Crippen MR) is 99.0 cm³/mol. The number of aryl methyl sites for hydroxylation is 3. The first-order valence-corrected chi connectivity index (χ1v) is 10.7. The minimum atomic E-state index is -3.55. The number of hydrogen-bond acceptors (Lipinski definition) is 5. The Morgan fingerprint density at radius 3 is 2.64 bits per heavy atom. The Labute approximate surface area is 149 Å². The van der Waals surface area contributed by atoms with Crippen molar-refractivity contribution in [2.75, 3.05) is 0 Å². The topological polar surface area (TPSA) is 79.9 Å². The number of nitrogens with zero attached hydrogens (tertiary/aromatic N) is 1. The van der Waals surface area contributed by atoms with Gasteiger partial charge in [0.05, 0.1) is 10.3 Å². The number of thiophene rings is 1. The van der Waals surface area contributed by atoms with E-state index in [9.17, 15) is 13.2 Å². The van der Waals surface area contributed by atoms with Crippen LogP contribution in [-0.4, -0.2) is 18.4 Å². The fraction of sp³-hybridized carbons (Fsp3) is 0.333. The van der Waals surface area contributed by atoms with Crippen LogP contribution in [-0.2, 0) is 28.4 Å². The van der Waals surface area contributed by atoms with Crippen LogP contribution in [0.1, 0.15) is 34.7 Å². The molecular weight excluding hydrogens is 356 g/mol. The first-order chi connectivity index (χ1) is 11.9. The Morgan fingerprint density at radius 1 is 1.16 bits per heavy atom. The molecule has 2 heterocycles. The van der Waals surface area contributed by atoms with Gasteiger partial charge in [-0.3, -0.25) is 4.79 Å². The van der Waals surface area contributed by atoms with Crippen molar-refractivity contribution in [2.45, 2.75) is 43.3 Å². The SMILES string of the molecule is Cc1ccc(S(=O)(=O)Cc2nc3sc4c(c3c(=O)[nH]2)CCCC4)cc1. The molecule has 7 heteroatoms. The average Bonchev–Trinajstić information content (AvgIpc) is 2.93. The number of fused-ring (bicyclic) bond motifs is 3. The van der Waals surface area contributed by atoms with Crippen LogP contribution in [0.25, 0.3) is 10.2 Å². The minimum absolute atomic E-state index is 0.205. The van der Waals surface area contributed by atoms with Crippen LogP contribution >= 0.6 is 11.3 Å². The lowest BCUT2D eigenvalue weighted by Gasteiger charge is -2.09. The van der Waals surface area contributed by atoms with Crippen molar-refractivity contribution < 1.29 is 8.42 Å². The van der Waals surface area contributed by atoms with Gasteiger partial charge in [0.2, 0.25) is 0 Å². The number of nitrogens with one attached hydrogen (secondary N) is 1. The van der Waals surface area contributed by atoms with E-state index in [-0.39, 0.29) is 22.0 Å². The molecule has 0 atom stereocenters. The fourth-order valence-corrected chi connectivity index (χ4v) is 5.78. The van der Waals surface area contributed by atoms with E-state index in [4.69, 9.17) is 0 Å². The van der Waals surface area contributed by atoms with Crippen molar-refractivity contribution in [3.63, 3.8) is 0 Å². The Kier molecular flexibility index (Phi) is 4.00. The second-order valence-electron chi connectivity index (χ2n) is 6.48. The van der Waals surface area contributed by atoms with E-state index in [0.717, 1.165) is 36.8 Å². The zero-order valence-corrected chi connectivity index (χ0v) is 15.5. The summed E-state index contributed by atoms with van der Waals surface area (Å²) in [6.45, 7) is 1.90. The molecule has 0 aliphatic heterocycles. The molecule has 4 rings (SSSR count). The highest BCUT2D eigenvalue weighted by atomic mass is 32.2. The van der Waals surface area contributed by atoms with Gasteiger partial charge in [-0.15, -0.1) is 11.3 Å². The maximum Gasteiger partial charge on any atom is 0.259 e. The van der Waals surface area contributed by atoms with Gasteiger partial charge in [0.1, 0.15) is 16.4 Å². The summed E-state index contributed by atoms with van der Waals surface area (Å²) in [5.74, 6) is -0.0965. The summed E-state index contributed by atoms with van der Waals surface area (Å²) in [5, 5.41) is 0.649. The lowest BCUT2D eigenvalue weighted by Crippen LogP contribution is -2.16. The third-order valence-corrected chi connectivity index (χ3v) is 7.41. The molecule has 3 aromatic rings. The van der Waals surface area contributed by atoms with Crippen molar-refractivity contribution in [2.24, 2.45) is 0 Å². The Morgan fingerprint density at radius 2 is 1.88 bits per heavy atom. The number of hydrogen-bond donors (Lipinski definition) is 1.